The lowest BCUT2D eigenvalue weighted by Gasteiger charge is -2.46. The molecule has 12 atom stereocenters. The van der Waals surface area contributed by atoms with Crippen LogP contribution in [0.1, 0.15) is 122 Å². The minimum Gasteiger partial charge on any atom is -0.508 e. The number of aliphatic hydroxyl groups excluding tert-OH is 8. The van der Waals surface area contributed by atoms with Gasteiger partial charge in [0.1, 0.15) is 109 Å². The summed E-state index contributed by atoms with van der Waals surface area (Å²) >= 11 is 1.23. The van der Waals surface area contributed by atoms with Crippen molar-refractivity contribution in [1.82, 2.24) is 4.98 Å². The van der Waals surface area contributed by atoms with E-state index >= 15 is 0 Å². The molecule has 9 aromatic rings. The van der Waals surface area contributed by atoms with Gasteiger partial charge in [-0.3, -0.25) is 73.0 Å². The molecule has 26 N–H and O–H groups in total. The minimum atomic E-state index is -2.65. The molecule has 21 rings (SSSR count). The highest BCUT2D eigenvalue weighted by Crippen LogP contribution is 2.60. The van der Waals surface area contributed by atoms with Gasteiger partial charge >= 0.3 is 6.09 Å². The minimum absolute atomic E-state index is 0.00615. The summed E-state index contributed by atoms with van der Waals surface area (Å²) in [7, 11) is 1.50. The van der Waals surface area contributed by atoms with Crippen LogP contribution in [0, 0.1) is 57.5 Å². The van der Waals surface area contributed by atoms with Crippen molar-refractivity contribution in [3.05, 3.63) is 273 Å². The summed E-state index contributed by atoms with van der Waals surface area (Å²) in [5, 5.41) is 194. The number of benzene rings is 7. The van der Waals surface area contributed by atoms with Crippen LogP contribution < -0.4 is 43.0 Å². The molecule has 42 nitrogen and oxygen atoms in total. The van der Waals surface area contributed by atoms with E-state index in [1.54, 1.807) is 60.0 Å². The molecular weight excluding hydrogens is 1970 g/mol. The number of aliphatic hydroxyl groups is 12. The number of nitro benzene ring substituents is 1. The molecule has 2 heterocycles. The van der Waals surface area contributed by atoms with E-state index in [2.05, 4.69) is 36.4 Å². The van der Waals surface area contributed by atoms with Crippen LogP contribution in [-0.4, -0.2) is 197 Å². The fraction of sp³-hybridized carbons (Fsp3) is 0.271. The molecule has 0 unspecified atom stereocenters. The zero-order valence-corrected chi connectivity index (χ0v) is 80.4. The van der Waals surface area contributed by atoms with Gasteiger partial charge in [0.2, 0.25) is 23.1 Å². The monoisotopic (exact) mass is 2070 g/mol. The van der Waals surface area contributed by atoms with Gasteiger partial charge in [0.25, 0.3) is 29.3 Å². The van der Waals surface area contributed by atoms with Gasteiger partial charge in [-0.25, -0.2) is 9.78 Å². The van der Waals surface area contributed by atoms with Crippen molar-refractivity contribution >= 4 is 133 Å². The molecule has 12 aliphatic carbocycles. The Hall–Kier alpha value is -17.7. The zero-order valence-electron chi connectivity index (χ0n) is 79.6. The predicted octanol–water partition coefficient (Wildman–Crippen LogP) is 10.3. The molecule has 772 valence electrons. The first-order chi connectivity index (χ1) is 70.8. The van der Waals surface area contributed by atoms with Crippen molar-refractivity contribution in [1.29, 1.82) is 0 Å². The van der Waals surface area contributed by atoms with Gasteiger partial charge in [-0.15, -0.1) is 11.3 Å². The first-order valence-corrected chi connectivity index (χ1v) is 47.7. The number of methoxy groups -OCH3 is 1. The third kappa shape index (κ3) is 16.4. The number of anilines is 3. The molecule has 0 saturated heterocycles. The van der Waals surface area contributed by atoms with E-state index < -0.39 is 238 Å². The second-order valence-corrected chi connectivity index (χ2v) is 40.4. The number of hydrogen-bond donors (Lipinski definition) is 22. The Morgan fingerprint density at radius 3 is 1.17 bits per heavy atom. The van der Waals surface area contributed by atoms with Crippen LogP contribution in [-0.2, 0) is 88.6 Å². The number of phenolic OH excluding ortho intramolecular Hbond substituents is 4. The normalized spacial score (nSPS) is 24.8. The van der Waals surface area contributed by atoms with Gasteiger partial charge in [-0.05, 0) is 198 Å². The Kier molecular flexibility index (Phi) is 25.5. The van der Waals surface area contributed by atoms with Crippen LogP contribution in [0.5, 0.6) is 34.5 Å². The number of aromatic hydroxyl groups is 4. The summed E-state index contributed by atoms with van der Waals surface area (Å²) in [5.41, 5.74) is 13.1. The molecule has 0 radical (unpaired) electrons. The van der Waals surface area contributed by atoms with Gasteiger partial charge in [-0.1, -0.05) is 63.2 Å². The lowest BCUT2D eigenvalue weighted by Crippen LogP contribution is -2.58. The molecule has 0 bridgehead atoms. The zero-order chi connectivity index (χ0) is 108. The number of nitro groups is 1. The fourth-order valence-electron chi connectivity index (χ4n) is 23.0. The highest BCUT2D eigenvalue weighted by Gasteiger charge is 2.66. The topological polar surface area (TPSA) is 761 Å². The van der Waals surface area contributed by atoms with Crippen LogP contribution >= 0.6 is 11.3 Å². The average molecular weight is 2070 g/mol. The van der Waals surface area contributed by atoms with Gasteiger partial charge in [0.05, 0.1) is 46.2 Å². The molecule has 2 aromatic heterocycles. The number of aromatic nitrogens is 1. The number of phenols is 4. The van der Waals surface area contributed by atoms with E-state index in [4.69, 9.17) is 36.8 Å². The smallest absolute Gasteiger partial charge is 0.417 e. The molecule has 4 fully saturated rings. The van der Waals surface area contributed by atoms with Gasteiger partial charge in [0.15, 0.2) is 50.7 Å². The van der Waals surface area contributed by atoms with Crippen molar-refractivity contribution in [3.8, 4) is 68.2 Å². The number of nitrogens with one attached hydrogen (secondary N) is 2. The Labute approximate surface area is 850 Å². The highest BCUT2D eigenvalue weighted by molar-refractivity contribution is 7.14. The molecule has 12 aliphatic rings. The molecule has 43 heteroatoms. The predicted molar refractivity (Wildman–Crippen MR) is 528 cm³/mol. The summed E-state index contributed by atoms with van der Waals surface area (Å²) in [6, 6.07) is 35.4. The number of nitrogens with two attached hydrogens (primary N) is 4. The number of thiazole rings is 1. The number of carbonyl (C=O) groups is 13. The highest BCUT2D eigenvalue weighted by atomic mass is 32.1. The lowest BCUT2D eigenvalue weighted by atomic mass is 9.59. The van der Waals surface area contributed by atoms with Crippen LogP contribution in [0.3, 0.4) is 0 Å². The molecule has 150 heavy (non-hydrogen) atoms. The lowest BCUT2D eigenvalue weighted by molar-refractivity contribution is -0.384. The van der Waals surface area contributed by atoms with Crippen LogP contribution in [0.25, 0.3) is 56.7 Å². The maximum atomic E-state index is 13.6. The van der Waals surface area contributed by atoms with Gasteiger partial charge < -0.3 is 124 Å². The standard InChI is InChI=1S/C29H29NO7.C28H22N4O9S.C27H24N2O10.C23H19NO8/c1-28(2,3)15-6-4-13(5-7-15)17-8-9-19(31)22-18(17)11-14-10-16-12-20(32)23(27(30)36)26(35)29(16,37)25(34)21(14)24(22)33;29-26(38)22-19(34)9-13-6-12-8-15-16(30-27-31-17(10-42-27)11-2-1-3-14(7-11)32(40)41)4-5-18(33)21(15)23(35)20(12)24(36)28(13,39)25(22)37;1-38-13-2-4-14(5-3-13)39-26(36)29-16-6-7-17(30)20-15(16)9-11-8-12-10-18(31)21(25(28)35)24(34)27(12,37)23(33)19(11)22(20)32;24-22(30)18-14(26)8-10-6-9-7-12-11(15-2-1-5-32-15)3-4-13(25)17(12)19(27)16(9)20(28)23(10,31)21(18)29/h4-9,14,16,31,33,35,37H,10-12H2,1-3H3,(H2,30,36);1-5,7,10,12-13,33,35,37,39H,6,8-9H2,(H2,29,38)(H,30,31);2-7,11-12,30,32,34,37H,8-10H2,1H3,(H2,28,35)(H,29,36);1-5,9-10,25,27,29,31H,6-8H2,(H2,24,30)/t14-,16+,29+;12-,13+,28+;11-,12+,27+;9-,10+,23+/m1111/s1. The second kappa shape index (κ2) is 37.4. The fourth-order valence-corrected chi connectivity index (χ4v) is 23.8. The third-order valence-electron chi connectivity index (χ3n) is 30.2. The summed E-state index contributed by atoms with van der Waals surface area (Å²) < 4.78 is 15.8. The quantitative estimate of drug-likeness (QED) is 0.0221. The molecule has 0 aliphatic heterocycles. The SMILES string of the molecule is CC(C)(C)c1ccc(-c2ccc(O)c3c2C[C@H]2C[C@H]4CC(=O)C(C(N)=O)=C(O)[C@@]4(O)C(=O)C2=C3O)cc1.COc1ccc(OC(=O)Nc2ccc(O)c3c2C[C@H]2C[C@H]4CC(=O)C(C(N)=O)=C(O)[C@@]4(O)C(=O)C2=C3O)cc1.NC(=O)C1=C(O)[C@@]2(O)C(=O)C3=C(O)c4c(O)ccc(-c5ccco5)c4C[C@H]3C[C@H]2CC1=O.NC(=O)C1=C(O)[C@@]2(O)C(=O)C3=C(O)c4c(O)ccc(Nc5nc(-c6cccc([N+](=O)[O-])c6)cs5)c4C[C@H]3C[C@H]2CC1=O. The second-order valence-electron chi connectivity index (χ2n) is 39.5. The van der Waals surface area contributed by atoms with Crippen molar-refractivity contribution in [2.45, 2.75) is 126 Å². The van der Waals surface area contributed by atoms with Crippen LogP contribution in [0.15, 0.2) is 217 Å². The van der Waals surface area contributed by atoms with E-state index in [0.717, 1.165) is 16.7 Å². The largest absolute Gasteiger partial charge is 0.508 e. The van der Waals surface area contributed by atoms with Crippen molar-refractivity contribution in [2.24, 2.45) is 70.3 Å². The number of nitrogens with zero attached hydrogens (tertiary/aromatic N) is 2. The molecular formula is C107H94N8O34S. The average Bonchev–Trinajstić information content (AvgIpc) is 0.733. The number of primary amides is 4. The molecule has 5 amide bonds. The first-order valence-electron chi connectivity index (χ1n) is 46.8. The summed E-state index contributed by atoms with van der Waals surface area (Å²) in [6.07, 6.45) is -0.125. The summed E-state index contributed by atoms with van der Waals surface area (Å²) in [6.45, 7) is 6.35. The molecule has 0 spiro atoms. The number of carbonyl (C=O) groups excluding carboxylic acids is 13. The Bertz CT molecular complexity index is 7840. The molecule has 4 saturated carbocycles. The number of amides is 5. The number of ether oxygens (including phenoxy) is 2. The van der Waals surface area contributed by atoms with E-state index in [9.17, 15) is 154 Å². The van der Waals surface area contributed by atoms with E-state index in [1.807, 2.05) is 24.3 Å². The maximum absolute atomic E-state index is 13.6. The summed E-state index contributed by atoms with van der Waals surface area (Å²) in [5.74, 6) is -25.8. The van der Waals surface area contributed by atoms with Crippen LogP contribution in [0.2, 0.25) is 0 Å². The Morgan fingerprint density at radius 1 is 0.440 bits per heavy atom. The third-order valence-corrected chi connectivity index (χ3v) is 31.0. The number of rotatable bonds is 13. The van der Waals surface area contributed by atoms with Gasteiger partial charge in [0, 0.05) is 112 Å². The number of hydrogen-bond acceptors (Lipinski definition) is 37. The number of Topliss-reactive ketones (excluding diaryl/α,β-unsaturated/α-hetero) is 8. The molecule has 7 aromatic carbocycles. The van der Waals surface area contributed by atoms with Crippen molar-refractivity contribution in [3.63, 3.8) is 0 Å². The first kappa shape index (κ1) is 102. The van der Waals surface area contributed by atoms with Crippen molar-refractivity contribution in [2.75, 3.05) is 17.7 Å². The maximum Gasteiger partial charge on any atom is 0.417 e. The van der Waals surface area contributed by atoms with E-state index in [1.165, 1.54) is 79.3 Å². The van der Waals surface area contributed by atoms with E-state index in [-0.39, 0.29) is 149 Å². The van der Waals surface area contributed by atoms with Crippen LogP contribution in [0.4, 0.5) is 27.0 Å². The Morgan fingerprint density at radius 2 is 0.800 bits per heavy atom. The number of ketones is 8. The van der Waals surface area contributed by atoms with Crippen molar-refractivity contribution < 1.29 is 163 Å². The number of non-ortho nitro benzene ring substituents is 1. The number of fused-ring (bicyclic) bond motifs is 12. The number of furan rings is 1. The Balaban J connectivity index is 0.000000131. The van der Waals surface area contributed by atoms with E-state index in [0.29, 0.717) is 61.4 Å². The van der Waals surface area contributed by atoms with Gasteiger partial charge in [-0.2, -0.15) is 0 Å². The summed E-state index contributed by atoms with van der Waals surface area (Å²) in [4.78, 5) is 179.